The molecule has 1 N–H and O–H groups in total. The lowest BCUT2D eigenvalue weighted by atomic mass is 10.0. The molecule has 1 heterocycles. The van der Waals surface area contributed by atoms with E-state index in [1.165, 1.54) is 5.56 Å². The van der Waals surface area contributed by atoms with Crippen LogP contribution in [0.15, 0.2) is 35.7 Å². The highest BCUT2D eigenvalue weighted by Crippen LogP contribution is 2.48. The molecular formula is C14H13NO2S. The van der Waals surface area contributed by atoms with E-state index in [-0.39, 0.29) is 0 Å². The Kier molecular flexibility index (Phi) is 2.67. The lowest BCUT2D eigenvalue weighted by Crippen LogP contribution is -2.19. The summed E-state index contributed by atoms with van der Waals surface area (Å²) < 4.78 is 0. The van der Waals surface area contributed by atoms with Gasteiger partial charge in [0.15, 0.2) is 0 Å². The van der Waals surface area contributed by atoms with E-state index >= 15 is 0 Å². The molecule has 1 aromatic heterocycles. The van der Waals surface area contributed by atoms with E-state index in [9.17, 15) is 9.90 Å². The Hall–Kier alpha value is -1.68. The summed E-state index contributed by atoms with van der Waals surface area (Å²) in [4.78, 5) is 15.7. The molecule has 2 aromatic rings. The Bertz CT molecular complexity index is 572. The van der Waals surface area contributed by atoms with Gasteiger partial charge in [0.05, 0.1) is 10.7 Å². The number of thiazole rings is 1. The minimum absolute atomic E-state index is 0.675. The van der Waals surface area contributed by atoms with E-state index < -0.39 is 11.4 Å². The van der Waals surface area contributed by atoms with Crippen LogP contribution >= 0.6 is 11.3 Å². The summed E-state index contributed by atoms with van der Waals surface area (Å²) in [6.07, 6.45) is 2.22. The van der Waals surface area contributed by atoms with E-state index in [1.54, 1.807) is 11.3 Å². The van der Waals surface area contributed by atoms with Gasteiger partial charge in [-0.15, -0.1) is 11.3 Å². The number of carboxylic acid groups (broad SMARTS) is 1. The molecule has 0 unspecified atom stereocenters. The largest absolute Gasteiger partial charge is 0.481 e. The molecule has 1 aliphatic carbocycles. The summed E-state index contributed by atoms with van der Waals surface area (Å²) >= 11 is 1.55. The predicted molar refractivity (Wildman–Crippen MR) is 69.9 cm³/mol. The van der Waals surface area contributed by atoms with Gasteiger partial charge in [-0.3, -0.25) is 4.79 Å². The van der Waals surface area contributed by atoms with Crippen LogP contribution in [0.5, 0.6) is 0 Å². The minimum Gasteiger partial charge on any atom is -0.481 e. The molecule has 3 nitrogen and oxygen atoms in total. The molecule has 1 aliphatic rings. The molecule has 1 saturated carbocycles. The monoisotopic (exact) mass is 259 g/mol. The van der Waals surface area contributed by atoms with Crippen molar-refractivity contribution in [2.75, 3.05) is 0 Å². The van der Waals surface area contributed by atoms with Crippen molar-refractivity contribution >= 4 is 17.3 Å². The number of aromatic nitrogens is 1. The average Bonchev–Trinajstić information content (AvgIpc) is 3.07. The number of carboxylic acids is 1. The maximum atomic E-state index is 11.2. The van der Waals surface area contributed by atoms with Crippen molar-refractivity contribution in [2.24, 2.45) is 0 Å². The standard InChI is InChI=1S/C14H13NO2S/c16-13(17)14(6-7-14)11-9-18-12(15-11)8-10-4-2-1-3-5-10/h1-5,9H,6-8H2,(H,16,17). The van der Waals surface area contributed by atoms with E-state index in [0.717, 1.165) is 30.0 Å². The Balaban J connectivity index is 1.81. The first kappa shape index (κ1) is 11.4. The van der Waals surface area contributed by atoms with Crippen LogP contribution < -0.4 is 0 Å². The smallest absolute Gasteiger partial charge is 0.315 e. The number of aliphatic carboxylic acids is 1. The fraction of sp³-hybridized carbons (Fsp3) is 0.286. The van der Waals surface area contributed by atoms with Crippen molar-refractivity contribution in [1.29, 1.82) is 0 Å². The molecule has 0 bridgehead atoms. The fourth-order valence-electron chi connectivity index (χ4n) is 2.09. The summed E-state index contributed by atoms with van der Waals surface area (Å²) in [5.74, 6) is -0.737. The van der Waals surface area contributed by atoms with Gasteiger partial charge >= 0.3 is 5.97 Å². The number of benzene rings is 1. The van der Waals surface area contributed by atoms with Crippen LogP contribution in [0.2, 0.25) is 0 Å². The van der Waals surface area contributed by atoms with Crippen molar-refractivity contribution in [2.45, 2.75) is 24.7 Å². The number of hydrogen-bond acceptors (Lipinski definition) is 3. The first-order chi connectivity index (χ1) is 8.71. The fourth-order valence-corrected chi connectivity index (χ4v) is 3.01. The molecule has 4 heteroatoms. The number of rotatable bonds is 4. The highest BCUT2D eigenvalue weighted by molar-refractivity contribution is 7.09. The van der Waals surface area contributed by atoms with E-state index in [2.05, 4.69) is 17.1 Å². The van der Waals surface area contributed by atoms with Gasteiger partial charge in [0.2, 0.25) is 0 Å². The molecule has 0 atom stereocenters. The summed E-state index contributed by atoms with van der Waals surface area (Å²) in [6.45, 7) is 0. The second-order valence-electron chi connectivity index (χ2n) is 4.68. The molecule has 18 heavy (non-hydrogen) atoms. The highest BCUT2D eigenvalue weighted by Gasteiger charge is 2.53. The van der Waals surface area contributed by atoms with Gasteiger partial charge in [-0.05, 0) is 18.4 Å². The van der Waals surface area contributed by atoms with Crippen LogP contribution in [0.25, 0.3) is 0 Å². The molecule has 1 fully saturated rings. The Morgan fingerprint density at radius 1 is 1.33 bits per heavy atom. The second-order valence-corrected chi connectivity index (χ2v) is 5.62. The zero-order valence-electron chi connectivity index (χ0n) is 9.80. The summed E-state index contributed by atoms with van der Waals surface area (Å²) in [5, 5.41) is 12.1. The SMILES string of the molecule is O=C(O)C1(c2csc(Cc3ccccc3)n2)CC1. The normalized spacial score (nSPS) is 16.4. The summed E-state index contributed by atoms with van der Waals surface area (Å²) in [6, 6.07) is 10.1. The zero-order valence-corrected chi connectivity index (χ0v) is 10.6. The molecule has 3 rings (SSSR count). The van der Waals surface area contributed by atoms with E-state index in [1.807, 2.05) is 23.6 Å². The zero-order chi connectivity index (χ0) is 12.6. The molecule has 0 amide bonds. The number of nitrogens with zero attached hydrogens (tertiary/aromatic N) is 1. The quantitative estimate of drug-likeness (QED) is 0.918. The van der Waals surface area contributed by atoms with Gasteiger partial charge in [-0.1, -0.05) is 30.3 Å². The molecular weight excluding hydrogens is 246 g/mol. The van der Waals surface area contributed by atoms with Crippen LogP contribution in [-0.4, -0.2) is 16.1 Å². The van der Waals surface area contributed by atoms with Crippen molar-refractivity contribution < 1.29 is 9.90 Å². The van der Waals surface area contributed by atoms with Crippen LogP contribution in [-0.2, 0) is 16.6 Å². The van der Waals surface area contributed by atoms with Crippen LogP contribution in [0.4, 0.5) is 0 Å². The third-order valence-corrected chi connectivity index (χ3v) is 4.25. The maximum absolute atomic E-state index is 11.2. The maximum Gasteiger partial charge on any atom is 0.315 e. The van der Waals surface area contributed by atoms with Crippen molar-refractivity contribution in [3.8, 4) is 0 Å². The first-order valence-electron chi connectivity index (χ1n) is 5.93. The molecule has 0 spiro atoms. The van der Waals surface area contributed by atoms with Crippen molar-refractivity contribution in [3.05, 3.63) is 52.0 Å². The third-order valence-electron chi connectivity index (χ3n) is 3.40. The highest BCUT2D eigenvalue weighted by atomic mass is 32.1. The van der Waals surface area contributed by atoms with E-state index in [0.29, 0.717) is 0 Å². The first-order valence-corrected chi connectivity index (χ1v) is 6.81. The van der Waals surface area contributed by atoms with Crippen LogP contribution in [0.1, 0.15) is 29.1 Å². The molecule has 92 valence electrons. The number of hydrogen-bond donors (Lipinski definition) is 1. The van der Waals surface area contributed by atoms with Gasteiger partial charge in [-0.2, -0.15) is 0 Å². The van der Waals surface area contributed by atoms with Gasteiger partial charge in [0, 0.05) is 11.8 Å². The third kappa shape index (κ3) is 1.93. The van der Waals surface area contributed by atoms with Gasteiger partial charge in [0.25, 0.3) is 0 Å². The molecule has 0 saturated heterocycles. The molecule has 1 aromatic carbocycles. The second kappa shape index (κ2) is 4.21. The molecule has 0 radical (unpaired) electrons. The Labute approximate surface area is 109 Å². The van der Waals surface area contributed by atoms with E-state index in [4.69, 9.17) is 0 Å². The lowest BCUT2D eigenvalue weighted by Gasteiger charge is -2.04. The summed E-state index contributed by atoms with van der Waals surface area (Å²) in [5.41, 5.74) is 1.27. The van der Waals surface area contributed by atoms with Crippen LogP contribution in [0.3, 0.4) is 0 Å². The van der Waals surface area contributed by atoms with Crippen molar-refractivity contribution in [3.63, 3.8) is 0 Å². The van der Waals surface area contributed by atoms with Crippen LogP contribution in [0, 0.1) is 0 Å². The lowest BCUT2D eigenvalue weighted by molar-refractivity contribution is -0.140. The predicted octanol–water partition coefficient (Wildman–Crippen LogP) is 2.85. The van der Waals surface area contributed by atoms with Gasteiger partial charge < -0.3 is 5.11 Å². The van der Waals surface area contributed by atoms with Gasteiger partial charge in [-0.25, -0.2) is 4.98 Å². The van der Waals surface area contributed by atoms with Crippen molar-refractivity contribution in [1.82, 2.24) is 4.98 Å². The minimum atomic E-state index is -0.737. The Morgan fingerprint density at radius 3 is 2.67 bits per heavy atom. The Morgan fingerprint density at radius 2 is 2.06 bits per heavy atom. The topological polar surface area (TPSA) is 50.2 Å². The number of carbonyl (C=O) groups is 1. The summed E-state index contributed by atoms with van der Waals surface area (Å²) in [7, 11) is 0. The molecule has 0 aliphatic heterocycles. The average molecular weight is 259 g/mol. The van der Waals surface area contributed by atoms with Gasteiger partial charge in [0.1, 0.15) is 5.41 Å².